The molecule has 1 N–H and O–H groups in total. The normalized spacial score (nSPS) is 18.0. The molecule has 1 saturated heterocycles. The summed E-state index contributed by atoms with van der Waals surface area (Å²) in [5, 5.41) is 3.61. The van der Waals surface area contributed by atoms with E-state index in [-0.39, 0.29) is 23.7 Å². The Morgan fingerprint density at radius 1 is 1.10 bits per heavy atom. The Labute approximate surface area is 188 Å². The van der Waals surface area contributed by atoms with Gasteiger partial charge in [0, 0.05) is 41.7 Å². The number of nitrogens with one attached hydrogen (secondary N) is 1. The fraction of sp³-hybridized carbons (Fsp3) is 0.417. The average molecular weight is 445 g/mol. The number of methoxy groups -OCH3 is 2. The summed E-state index contributed by atoms with van der Waals surface area (Å²) >= 11 is 5.96. The van der Waals surface area contributed by atoms with Crippen molar-refractivity contribution < 1.29 is 19.1 Å². The number of halogens is 1. The Morgan fingerprint density at radius 3 is 2.48 bits per heavy atom. The van der Waals surface area contributed by atoms with Crippen LogP contribution in [0.4, 0.5) is 0 Å². The van der Waals surface area contributed by atoms with Crippen LogP contribution < -0.4 is 14.8 Å². The maximum absolute atomic E-state index is 13.1. The summed E-state index contributed by atoms with van der Waals surface area (Å²) in [6, 6.07) is 12.4. The molecule has 2 amide bonds. The Morgan fingerprint density at radius 2 is 1.84 bits per heavy atom. The molecular weight excluding hydrogens is 416 g/mol. The molecule has 31 heavy (non-hydrogen) atoms. The fourth-order valence-electron chi connectivity index (χ4n) is 3.97. The van der Waals surface area contributed by atoms with Gasteiger partial charge in [-0.3, -0.25) is 9.59 Å². The van der Waals surface area contributed by atoms with Gasteiger partial charge in [0.05, 0.1) is 20.1 Å². The number of ether oxygens (including phenoxy) is 2. The van der Waals surface area contributed by atoms with Crippen LogP contribution in [0.2, 0.25) is 5.02 Å². The number of unbranched alkanes of at least 4 members (excludes halogenated alkanes) is 1. The van der Waals surface area contributed by atoms with E-state index in [4.69, 9.17) is 21.1 Å². The molecule has 1 heterocycles. The highest BCUT2D eigenvalue weighted by Gasteiger charge is 2.41. The minimum absolute atomic E-state index is 0.0465. The second kappa shape index (κ2) is 10.5. The molecule has 0 spiro atoms. The van der Waals surface area contributed by atoms with Gasteiger partial charge in [-0.1, -0.05) is 24.9 Å². The monoisotopic (exact) mass is 444 g/mol. The molecule has 1 aliphatic heterocycles. The standard InChI is InChI=1S/C24H29ClN2O4/c1-4-5-12-26-23(28)21-15-27(24(29)16-6-8-17(25)9-7-16)14-20(21)19-13-18(30-2)10-11-22(19)31-3/h6-11,13,20-21H,4-5,12,14-15H2,1-3H3,(H,26,28). The van der Waals surface area contributed by atoms with Gasteiger partial charge in [-0.05, 0) is 48.9 Å². The second-order valence-corrected chi connectivity index (χ2v) is 8.12. The lowest BCUT2D eigenvalue weighted by atomic mass is 9.87. The number of carbonyl (C=O) groups excluding carboxylic acids is 2. The summed E-state index contributed by atoms with van der Waals surface area (Å²) in [5.41, 5.74) is 1.41. The van der Waals surface area contributed by atoms with E-state index in [2.05, 4.69) is 12.2 Å². The maximum atomic E-state index is 13.1. The third-order valence-corrected chi connectivity index (χ3v) is 5.95. The van der Waals surface area contributed by atoms with Crippen molar-refractivity contribution in [3.05, 3.63) is 58.6 Å². The number of benzene rings is 2. The van der Waals surface area contributed by atoms with Crippen molar-refractivity contribution in [1.82, 2.24) is 10.2 Å². The van der Waals surface area contributed by atoms with Gasteiger partial charge < -0.3 is 19.7 Å². The van der Waals surface area contributed by atoms with Crippen LogP contribution >= 0.6 is 11.6 Å². The van der Waals surface area contributed by atoms with E-state index < -0.39 is 0 Å². The van der Waals surface area contributed by atoms with Crippen LogP contribution in [0.15, 0.2) is 42.5 Å². The number of nitrogens with zero attached hydrogens (tertiary/aromatic N) is 1. The quantitative estimate of drug-likeness (QED) is 0.621. The predicted octanol–water partition coefficient (Wildman–Crippen LogP) is 4.13. The van der Waals surface area contributed by atoms with E-state index in [9.17, 15) is 9.59 Å². The first kappa shape index (κ1) is 22.9. The highest BCUT2D eigenvalue weighted by atomic mass is 35.5. The van der Waals surface area contributed by atoms with E-state index in [1.165, 1.54) is 0 Å². The molecule has 7 heteroatoms. The molecule has 2 aromatic carbocycles. The largest absolute Gasteiger partial charge is 0.497 e. The van der Waals surface area contributed by atoms with Crippen molar-refractivity contribution >= 4 is 23.4 Å². The molecule has 2 unspecified atom stereocenters. The SMILES string of the molecule is CCCCNC(=O)C1CN(C(=O)c2ccc(Cl)cc2)CC1c1cc(OC)ccc1OC. The molecule has 2 aromatic rings. The van der Waals surface area contributed by atoms with Gasteiger partial charge in [-0.2, -0.15) is 0 Å². The minimum Gasteiger partial charge on any atom is -0.497 e. The van der Waals surface area contributed by atoms with Gasteiger partial charge in [0.1, 0.15) is 11.5 Å². The number of rotatable bonds is 8. The van der Waals surface area contributed by atoms with Crippen LogP contribution in [0.5, 0.6) is 11.5 Å². The van der Waals surface area contributed by atoms with Crippen LogP contribution in [-0.2, 0) is 4.79 Å². The number of carbonyl (C=O) groups is 2. The molecule has 6 nitrogen and oxygen atoms in total. The van der Waals surface area contributed by atoms with Crippen molar-refractivity contribution in [2.75, 3.05) is 33.9 Å². The molecule has 2 atom stereocenters. The highest BCUT2D eigenvalue weighted by Crippen LogP contribution is 2.40. The lowest BCUT2D eigenvalue weighted by Gasteiger charge is -2.21. The molecule has 166 valence electrons. The van der Waals surface area contributed by atoms with Crippen molar-refractivity contribution in [1.29, 1.82) is 0 Å². The molecule has 0 radical (unpaired) electrons. The Balaban J connectivity index is 1.91. The van der Waals surface area contributed by atoms with Gasteiger partial charge in [0.15, 0.2) is 0 Å². The highest BCUT2D eigenvalue weighted by molar-refractivity contribution is 6.30. The zero-order valence-corrected chi connectivity index (χ0v) is 18.9. The van der Waals surface area contributed by atoms with Crippen molar-refractivity contribution in [3.8, 4) is 11.5 Å². The van der Waals surface area contributed by atoms with Gasteiger partial charge in [-0.25, -0.2) is 0 Å². The lowest BCUT2D eigenvalue weighted by molar-refractivity contribution is -0.124. The van der Waals surface area contributed by atoms with Gasteiger partial charge in [-0.15, -0.1) is 0 Å². The molecule has 0 saturated carbocycles. The lowest BCUT2D eigenvalue weighted by Crippen LogP contribution is -2.36. The third kappa shape index (κ3) is 5.31. The molecule has 0 bridgehead atoms. The summed E-state index contributed by atoms with van der Waals surface area (Å²) in [6.07, 6.45) is 1.91. The molecular formula is C24H29ClN2O4. The van der Waals surface area contributed by atoms with E-state index in [0.717, 1.165) is 18.4 Å². The fourth-order valence-corrected chi connectivity index (χ4v) is 4.10. The van der Waals surface area contributed by atoms with Crippen LogP contribution in [0.3, 0.4) is 0 Å². The zero-order valence-electron chi connectivity index (χ0n) is 18.2. The number of hydrogen-bond donors (Lipinski definition) is 1. The molecule has 0 aliphatic carbocycles. The topological polar surface area (TPSA) is 67.9 Å². The van der Waals surface area contributed by atoms with Crippen LogP contribution in [0, 0.1) is 5.92 Å². The summed E-state index contributed by atoms with van der Waals surface area (Å²) in [5.74, 6) is 0.612. The summed E-state index contributed by atoms with van der Waals surface area (Å²) in [7, 11) is 3.21. The van der Waals surface area contributed by atoms with E-state index in [0.29, 0.717) is 41.7 Å². The van der Waals surface area contributed by atoms with Gasteiger partial charge >= 0.3 is 0 Å². The summed E-state index contributed by atoms with van der Waals surface area (Å²) in [4.78, 5) is 27.9. The Bertz CT molecular complexity index is 916. The first-order valence-electron chi connectivity index (χ1n) is 10.5. The molecule has 0 aromatic heterocycles. The summed E-state index contributed by atoms with van der Waals surface area (Å²) in [6.45, 7) is 3.46. The maximum Gasteiger partial charge on any atom is 0.253 e. The van der Waals surface area contributed by atoms with Crippen LogP contribution in [-0.4, -0.2) is 50.6 Å². The number of likely N-dealkylation sites (tertiary alicyclic amines) is 1. The second-order valence-electron chi connectivity index (χ2n) is 7.68. The zero-order chi connectivity index (χ0) is 22.4. The molecule has 1 fully saturated rings. The molecule has 1 aliphatic rings. The van der Waals surface area contributed by atoms with Crippen molar-refractivity contribution in [2.24, 2.45) is 5.92 Å². The first-order valence-corrected chi connectivity index (χ1v) is 10.9. The number of amides is 2. The Kier molecular flexibility index (Phi) is 7.80. The van der Waals surface area contributed by atoms with Gasteiger partial charge in [0.25, 0.3) is 5.91 Å². The predicted molar refractivity (Wildman–Crippen MR) is 121 cm³/mol. The van der Waals surface area contributed by atoms with E-state index >= 15 is 0 Å². The van der Waals surface area contributed by atoms with Crippen LogP contribution in [0.1, 0.15) is 41.6 Å². The first-order chi connectivity index (χ1) is 15.0. The van der Waals surface area contributed by atoms with Crippen LogP contribution in [0.25, 0.3) is 0 Å². The summed E-state index contributed by atoms with van der Waals surface area (Å²) < 4.78 is 11.0. The minimum atomic E-state index is -0.380. The smallest absolute Gasteiger partial charge is 0.253 e. The van der Waals surface area contributed by atoms with Gasteiger partial charge in [0.2, 0.25) is 5.91 Å². The van der Waals surface area contributed by atoms with E-state index in [1.807, 2.05) is 18.2 Å². The van der Waals surface area contributed by atoms with E-state index in [1.54, 1.807) is 43.4 Å². The van der Waals surface area contributed by atoms with Crippen molar-refractivity contribution in [2.45, 2.75) is 25.7 Å². The average Bonchev–Trinajstić information content (AvgIpc) is 3.24. The van der Waals surface area contributed by atoms with Crippen molar-refractivity contribution in [3.63, 3.8) is 0 Å². The Hall–Kier alpha value is -2.73. The molecule has 3 rings (SSSR count). The number of hydrogen-bond acceptors (Lipinski definition) is 4. The third-order valence-electron chi connectivity index (χ3n) is 5.70.